The quantitative estimate of drug-likeness (QED) is 0.564. The monoisotopic (exact) mass is 420 g/mol. The molecule has 160 valence electrons. The van der Waals surface area contributed by atoms with Crippen LogP contribution >= 0.6 is 0 Å². The minimum Gasteiger partial charge on any atom is -0.437 e. The highest BCUT2D eigenvalue weighted by atomic mass is 19.1. The Morgan fingerprint density at radius 3 is 2.71 bits per heavy atom. The molecule has 31 heavy (non-hydrogen) atoms. The molecule has 3 aromatic rings. The number of hydrogen-bond donors (Lipinski definition) is 3. The lowest BCUT2D eigenvalue weighted by atomic mass is 9.82. The maximum absolute atomic E-state index is 14.4. The Balaban J connectivity index is 1.62. The topological polar surface area (TPSA) is 91.5 Å². The Kier molecular flexibility index (Phi) is 5.93. The summed E-state index contributed by atoms with van der Waals surface area (Å²) in [7, 11) is -0.484. The van der Waals surface area contributed by atoms with Crippen LogP contribution in [0.1, 0.15) is 28.8 Å². The number of piperidine rings is 1. The van der Waals surface area contributed by atoms with Gasteiger partial charge in [0.15, 0.2) is 0 Å². The predicted octanol–water partition coefficient (Wildman–Crippen LogP) is 3.24. The Morgan fingerprint density at radius 1 is 1.29 bits per heavy atom. The molecule has 1 amide bonds. The summed E-state index contributed by atoms with van der Waals surface area (Å²) < 4.78 is 14.4. The van der Waals surface area contributed by atoms with Crippen LogP contribution in [0.4, 0.5) is 10.2 Å². The van der Waals surface area contributed by atoms with Gasteiger partial charge in [0, 0.05) is 23.2 Å². The standard InChI is InChI=1S/C23H26BFN4O2/c1-14-4-3-5-19(25)20(14)15-6-7-18-16(12-15)13-27-22(26)21(18)23(30)28-17-8-10-29(11-9-17)24(2)31/h3-7,12-13,17,31H,8-11H2,1-2H3,(H2,26,27)(H,28,30). The molecule has 0 atom stereocenters. The second kappa shape index (κ2) is 8.65. The average Bonchev–Trinajstić information content (AvgIpc) is 2.74. The van der Waals surface area contributed by atoms with Crippen molar-refractivity contribution in [1.29, 1.82) is 0 Å². The first kappa shape index (κ1) is 21.3. The number of amides is 1. The number of benzene rings is 2. The van der Waals surface area contributed by atoms with Crippen molar-refractivity contribution in [3.63, 3.8) is 0 Å². The van der Waals surface area contributed by atoms with E-state index in [0.29, 0.717) is 16.5 Å². The van der Waals surface area contributed by atoms with Crippen LogP contribution in [-0.2, 0) is 0 Å². The van der Waals surface area contributed by atoms with E-state index in [1.54, 1.807) is 25.2 Å². The lowest BCUT2D eigenvalue weighted by molar-refractivity contribution is 0.0924. The molecule has 8 heteroatoms. The largest absolute Gasteiger partial charge is 0.437 e. The van der Waals surface area contributed by atoms with Gasteiger partial charge in [0.2, 0.25) is 0 Å². The third kappa shape index (κ3) is 4.26. The first-order valence-electron chi connectivity index (χ1n) is 10.5. The number of anilines is 1. The Morgan fingerprint density at radius 2 is 2.03 bits per heavy atom. The molecule has 6 nitrogen and oxygen atoms in total. The number of nitrogens with two attached hydrogens (primary N) is 1. The highest BCUT2D eigenvalue weighted by Gasteiger charge is 2.26. The predicted molar refractivity (Wildman–Crippen MR) is 122 cm³/mol. The van der Waals surface area contributed by atoms with Crippen molar-refractivity contribution >= 4 is 29.5 Å². The molecular formula is C23H26BFN4O2. The SMILES string of the molecule is CB(O)N1CCC(NC(=O)c2c(N)ncc3cc(-c4c(C)cccc4F)ccc23)CC1. The number of nitrogen functional groups attached to an aromatic ring is 1. The highest BCUT2D eigenvalue weighted by molar-refractivity contribution is 6.45. The van der Waals surface area contributed by atoms with Gasteiger partial charge in [0.05, 0.1) is 5.56 Å². The number of pyridine rings is 1. The van der Waals surface area contributed by atoms with E-state index >= 15 is 0 Å². The lowest BCUT2D eigenvalue weighted by Crippen LogP contribution is -2.49. The summed E-state index contributed by atoms with van der Waals surface area (Å²) in [5, 5.41) is 14.2. The maximum atomic E-state index is 14.4. The second-order valence-electron chi connectivity index (χ2n) is 8.17. The minimum atomic E-state index is -0.484. The number of nitrogens with zero attached hydrogens (tertiary/aromatic N) is 2. The van der Waals surface area contributed by atoms with Crippen LogP contribution in [0.5, 0.6) is 0 Å². The van der Waals surface area contributed by atoms with Gasteiger partial charge in [-0.05, 0) is 68.3 Å². The molecule has 4 rings (SSSR count). The minimum absolute atomic E-state index is 0.0116. The number of aromatic nitrogens is 1. The number of halogens is 1. The van der Waals surface area contributed by atoms with Gasteiger partial charge in [-0.1, -0.05) is 24.3 Å². The molecule has 0 unspecified atom stereocenters. The van der Waals surface area contributed by atoms with Crippen LogP contribution < -0.4 is 11.1 Å². The van der Waals surface area contributed by atoms with Crippen LogP contribution in [0.15, 0.2) is 42.6 Å². The molecule has 1 aromatic heterocycles. The van der Waals surface area contributed by atoms with Gasteiger partial charge in [-0.2, -0.15) is 0 Å². The molecule has 2 heterocycles. The molecule has 0 bridgehead atoms. The molecule has 0 saturated carbocycles. The van der Waals surface area contributed by atoms with Crippen LogP contribution in [-0.4, -0.2) is 46.9 Å². The fraction of sp³-hybridized carbons (Fsp3) is 0.304. The molecule has 0 spiro atoms. The van der Waals surface area contributed by atoms with Gasteiger partial charge in [0.1, 0.15) is 11.6 Å². The summed E-state index contributed by atoms with van der Waals surface area (Å²) >= 11 is 0. The number of hydrogen-bond acceptors (Lipinski definition) is 5. The number of nitrogens with one attached hydrogen (secondary N) is 1. The average molecular weight is 420 g/mol. The fourth-order valence-electron chi connectivity index (χ4n) is 4.31. The molecule has 1 saturated heterocycles. The Labute approximate surface area is 181 Å². The van der Waals surface area contributed by atoms with Crippen LogP contribution in [0.3, 0.4) is 0 Å². The van der Waals surface area contributed by atoms with E-state index in [1.165, 1.54) is 6.07 Å². The van der Waals surface area contributed by atoms with Gasteiger partial charge in [0.25, 0.3) is 5.91 Å². The van der Waals surface area contributed by atoms with E-state index in [-0.39, 0.29) is 23.6 Å². The van der Waals surface area contributed by atoms with E-state index < -0.39 is 7.05 Å². The second-order valence-corrected chi connectivity index (χ2v) is 8.17. The van der Waals surface area contributed by atoms with E-state index in [1.807, 2.05) is 29.9 Å². The smallest absolute Gasteiger partial charge is 0.376 e. The zero-order chi connectivity index (χ0) is 22.1. The summed E-state index contributed by atoms with van der Waals surface area (Å²) in [5.41, 5.74) is 8.52. The van der Waals surface area contributed by atoms with Gasteiger partial charge >= 0.3 is 7.05 Å². The first-order valence-corrected chi connectivity index (χ1v) is 10.5. The van der Waals surface area contributed by atoms with Crippen molar-refractivity contribution in [3.05, 3.63) is 59.5 Å². The van der Waals surface area contributed by atoms with Crippen molar-refractivity contribution in [2.24, 2.45) is 0 Å². The molecule has 1 fully saturated rings. The van der Waals surface area contributed by atoms with Crippen molar-refractivity contribution in [2.45, 2.75) is 32.6 Å². The summed E-state index contributed by atoms with van der Waals surface area (Å²) in [5.74, 6) is -0.383. The van der Waals surface area contributed by atoms with E-state index in [4.69, 9.17) is 5.73 Å². The summed E-state index contributed by atoms with van der Waals surface area (Å²) in [6.45, 7) is 5.05. The Hall–Kier alpha value is -2.97. The highest BCUT2D eigenvalue weighted by Crippen LogP contribution is 2.31. The fourth-order valence-corrected chi connectivity index (χ4v) is 4.31. The first-order chi connectivity index (χ1) is 14.8. The Bertz CT molecular complexity index is 1110. The number of fused-ring (bicyclic) bond motifs is 1. The number of carbonyl (C=O) groups excluding carboxylic acids is 1. The summed E-state index contributed by atoms with van der Waals surface area (Å²) in [6, 6.07) is 10.5. The molecule has 1 aliphatic rings. The van der Waals surface area contributed by atoms with Crippen LogP contribution in [0.25, 0.3) is 21.9 Å². The zero-order valence-corrected chi connectivity index (χ0v) is 17.7. The van der Waals surface area contributed by atoms with Gasteiger partial charge in [-0.25, -0.2) is 9.37 Å². The molecule has 0 aliphatic carbocycles. The summed E-state index contributed by atoms with van der Waals surface area (Å²) in [6.07, 6.45) is 3.12. The molecule has 2 aromatic carbocycles. The van der Waals surface area contributed by atoms with Gasteiger partial charge < -0.3 is 20.9 Å². The molecule has 4 N–H and O–H groups in total. The van der Waals surface area contributed by atoms with Crippen molar-refractivity contribution in [3.8, 4) is 11.1 Å². The van der Waals surface area contributed by atoms with Crippen molar-refractivity contribution in [2.75, 3.05) is 18.8 Å². The lowest BCUT2D eigenvalue weighted by Gasteiger charge is -2.33. The summed E-state index contributed by atoms with van der Waals surface area (Å²) in [4.78, 5) is 19.3. The van der Waals surface area contributed by atoms with Gasteiger partial charge in [-0.3, -0.25) is 4.79 Å². The van der Waals surface area contributed by atoms with Crippen molar-refractivity contribution in [1.82, 2.24) is 15.1 Å². The zero-order valence-electron chi connectivity index (χ0n) is 17.7. The normalized spacial score (nSPS) is 15.2. The molecule has 0 radical (unpaired) electrons. The molecule has 1 aliphatic heterocycles. The van der Waals surface area contributed by atoms with E-state index in [0.717, 1.165) is 42.4 Å². The van der Waals surface area contributed by atoms with E-state index in [2.05, 4.69) is 10.3 Å². The maximum Gasteiger partial charge on any atom is 0.376 e. The van der Waals surface area contributed by atoms with Crippen LogP contribution in [0.2, 0.25) is 6.82 Å². The number of carbonyl (C=O) groups is 1. The van der Waals surface area contributed by atoms with E-state index in [9.17, 15) is 14.2 Å². The molecular weight excluding hydrogens is 394 g/mol. The third-order valence-corrected chi connectivity index (χ3v) is 6.05. The third-order valence-electron chi connectivity index (χ3n) is 6.05. The van der Waals surface area contributed by atoms with Crippen molar-refractivity contribution < 1.29 is 14.2 Å². The number of aryl methyl sites for hydroxylation is 1. The number of rotatable bonds is 4. The van der Waals surface area contributed by atoms with Crippen LogP contribution in [0, 0.1) is 12.7 Å². The van der Waals surface area contributed by atoms with Gasteiger partial charge in [-0.15, -0.1) is 0 Å².